The number of nitrogens with zero attached hydrogens (tertiary/aromatic N) is 2. The molecule has 9 heteroatoms. The molecule has 0 spiro atoms. The molecule has 1 atom stereocenters. The number of hydrogen-bond donors (Lipinski definition) is 3. The number of aryl methyl sites for hydroxylation is 1. The summed E-state index contributed by atoms with van der Waals surface area (Å²) in [6.45, 7) is 1.89. The number of Topliss-reactive ketones (excluding diaryl/α,β-unsaturated/α-hetero) is 1. The monoisotopic (exact) mass is 459 g/mol. The first-order valence-electron chi connectivity index (χ1n) is 9.99. The van der Waals surface area contributed by atoms with E-state index in [1.807, 2.05) is 25.1 Å². The maximum Gasteiger partial charge on any atom is 0.335 e. The van der Waals surface area contributed by atoms with Crippen molar-refractivity contribution in [2.45, 2.75) is 13.0 Å². The number of aromatic nitrogens is 2. The van der Waals surface area contributed by atoms with Crippen molar-refractivity contribution in [3.8, 4) is 0 Å². The highest BCUT2D eigenvalue weighted by Crippen LogP contribution is 2.42. The molecule has 0 saturated carbocycles. The van der Waals surface area contributed by atoms with Crippen LogP contribution in [0.15, 0.2) is 71.3 Å². The zero-order chi connectivity index (χ0) is 23.3. The molecule has 164 valence electrons. The first-order chi connectivity index (χ1) is 15.8. The standard InChI is InChI=1S/C24H17N3O5S/c1-12-4-2-5-13(10-12)19-18(20(28)17-6-3-9-33-17)21(29)22(30)27(19)24-25-15-8-7-14(23(31)32)11-16(15)26-24/h2-11,19,29H,1H3,(H,25,26)(H,31,32). The molecule has 3 heterocycles. The van der Waals surface area contributed by atoms with Crippen LogP contribution < -0.4 is 4.90 Å². The Labute approximate surface area is 191 Å². The van der Waals surface area contributed by atoms with Gasteiger partial charge in [-0.2, -0.15) is 0 Å². The van der Waals surface area contributed by atoms with Gasteiger partial charge in [0.15, 0.2) is 5.76 Å². The Kier molecular flexibility index (Phi) is 4.83. The number of hydrogen-bond acceptors (Lipinski definition) is 6. The van der Waals surface area contributed by atoms with Gasteiger partial charge in [0.25, 0.3) is 5.91 Å². The Morgan fingerprint density at radius 2 is 1.94 bits per heavy atom. The van der Waals surface area contributed by atoms with E-state index in [1.165, 1.54) is 34.4 Å². The Bertz CT molecular complexity index is 1470. The molecule has 0 radical (unpaired) electrons. The molecule has 0 aliphatic carbocycles. The summed E-state index contributed by atoms with van der Waals surface area (Å²) in [7, 11) is 0. The van der Waals surface area contributed by atoms with Crippen LogP contribution >= 0.6 is 11.3 Å². The van der Waals surface area contributed by atoms with Gasteiger partial charge in [0.1, 0.15) is 0 Å². The summed E-state index contributed by atoms with van der Waals surface area (Å²) in [4.78, 5) is 46.9. The topological polar surface area (TPSA) is 124 Å². The maximum atomic E-state index is 13.3. The highest BCUT2D eigenvalue weighted by molar-refractivity contribution is 7.12. The van der Waals surface area contributed by atoms with Crippen molar-refractivity contribution in [3.63, 3.8) is 0 Å². The largest absolute Gasteiger partial charge is 0.503 e. The minimum atomic E-state index is -1.09. The van der Waals surface area contributed by atoms with Gasteiger partial charge in [0.2, 0.25) is 11.7 Å². The van der Waals surface area contributed by atoms with Crippen LogP contribution in [-0.4, -0.2) is 37.8 Å². The fourth-order valence-corrected chi connectivity index (χ4v) is 4.67. The summed E-state index contributed by atoms with van der Waals surface area (Å²) in [5.74, 6) is -2.82. The number of carboxylic acids is 1. The number of benzene rings is 2. The predicted molar refractivity (Wildman–Crippen MR) is 123 cm³/mol. The van der Waals surface area contributed by atoms with Gasteiger partial charge in [-0.1, -0.05) is 35.9 Å². The number of carbonyl (C=O) groups excluding carboxylic acids is 2. The number of H-pyrrole nitrogens is 1. The van der Waals surface area contributed by atoms with Crippen molar-refractivity contribution in [2.24, 2.45) is 0 Å². The summed E-state index contributed by atoms with van der Waals surface area (Å²) < 4.78 is 0. The number of nitrogens with one attached hydrogen (secondary N) is 1. The number of rotatable bonds is 5. The Balaban J connectivity index is 1.68. The number of aromatic amines is 1. The number of aliphatic hydroxyl groups is 1. The SMILES string of the molecule is Cc1cccc(C2C(C(=O)c3cccs3)=C(O)C(=O)N2c2nc3ccc(C(=O)O)cc3[nH]2)c1. The van der Waals surface area contributed by atoms with E-state index in [4.69, 9.17) is 0 Å². The number of imidazole rings is 1. The summed E-state index contributed by atoms with van der Waals surface area (Å²) in [6, 6.07) is 14.2. The molecule has 2 aromatic heterocycles. The third kappa shape index (κ3) is 3.39. The number of amides is 1. The number of thiophene rings is 1. The van der Waals surface area contributed by atoms with Crippen molar-refractivity contribution in [3.05, 3.63) is 92.9 Å². The average molecular weight is 459 g/mol. The Morgan fingerprint density at radius 3 is 2.64 bits per heavy atom. The normalized spacial score (nSPS) is 16.1. The van der Waals surface area contributed by atoms with E-state index >= 15 is 0 Å². The number of carbonyl (C=O) groups is 3. The summed E-state index contributed by atoms with van der Waals surface area (Å²) in [5, 5.41) is 21.8. The van der Waals surface area contributed by atoms with Crippen LogP contribution in [0.3, 0.4) is 0 Å². The van der Waals surface area contributed by atoms with Gasteiger partial charge < -0.3 is 15.2 Å². The van der Waals surface area contributed by atoms with Crippen LogP contribution in [0, 0.1) is 6.92 Å². The molecule has 0 saturated heterocycles. The van der Waals surface area contributed by atoms with Crippen molar-refractivity contribution in [1.82, 2.24) is 9.97 Å². The summed E-state index contributed by atoms with van der Waals surface area (Å²) >= 11 is 1.22. The predicted octanol–water partition coefficient (Wildman–Crippen LogP) is 4.41. The van der Waals surface area contributed by atoms with E-state index in [0.29, 0.717) is 21.5 Å². The molecule has 2 aromatic carbocycles. The lowest BCUT2D eigenvalue weighted by atomic mass is 9.94. The zero-order valence-electron chi connectivity index (χ0n) is 17.3. The minimum Gasteiger partial charge on any atom is -0.503 e. The van der Waals surface area contributed by atoms with Crippen molar-refractivity contribution >= 4 is 46.0 Å². The second kappa shape index (κ2) is 7.72. The van der Waals surface area contributed by atoms with E-state index in [1.54, 1.807) is 23.6 Å². The number of anilines is 1. The number of fused-ring (bicyclic) bond motifs is 1. The molecule has 0 fully saturated rings. The van der Waals surface area contributed by atoms with Gasteiger partial charge in [-0.25, -0.2) is 9.78 Å². The van der Waals surface area contributed by atoms with Crippen molar-refractivity contribution < 1.29 is 24.6 Å². The Morgan fingerprint density at radius 1 is 1.12 bits per heavy atom. The third-order valence-corrected chi connectivity index (χ3v) is 6.37. The van der Waals surface area contributed by atoms with Gasteiger partial charge in [0.05, 0.1) is 33.1 Å². The molecule has 5 rings (SSSR count). The molecule has 8 nitrogen and oxygen atoms in total. The second-order valence-electron chi connectivity index (χ2n) is 7.66. The summed E-state index contributed by atoms with van der Waals surface area (Å²) in [6.07, 6.45) is 0. The smallest absolute Gasteiger partial charge is 0.335 e. The van der Waals surface area contributed by atoms with Crippen LogP contribution in [-0.2, 0) is 4.79 Å². The van der Waals surface area contributed by atoms with Gasteiger partial charge in [-0.3, -0.25) is 14.5 Å². The lowest BCUT2D eigenvalue weighted by molar-refractivity contribution is -0.117. The number of ketones is 1. The quantitative estimate of drug-likeness (QED) is 0.380. The molecular weight excluding hydrogens is 442 g/mol. The molecule has 3 N–H and O–H groups in total. The minimum absolute atomic E-state index is 0.0280. The molecule has 0 bridgehead atoms. The van der Waals surface area contributed by atoms with Crippen LogP contribution in [0.1, 0.15) is 37.2 Å². The van der Waals surface area contributed by atoms with E-state index < -0.39 is 29.5 Å². The Hall–Kier alpha value is -4.24. The lowest BCUT2D eigenvalue weighted by Crippen LogP contribution is -2.32. The molecule has 1 aliphatic heterocycles. The van der Waals surface area contributed by atoms with Crippen molar-refractivity contribution in [1.29, 1.82) is 0 Å². The molecule has 33 heavy (non-hydrogen) atoms. The summed E-state index contributed by atoms with van der Waals surface area (Å²) in [5.41, 5.74) is 2.46. The highest BCUT2D eigenvalue weighted by atomic mass is 32.1. The van der Waals surface area contributed by atoms with Gasteiger partial charge in [0, 0.05) is 0 Å². The van der Waals surface area contributed by atoms with E-state index in [9.17, 15) is 24.6 Å². The number of carboxylic acid groups (broad SMARTS) is 1. The molecule has 1 unspecified atom stereocenters. The number of aliphatic hydroxyl groups excluding tert-OH is 1. The first kappa shape index (κ1) is 20.7. The van der Waals surface area contributed by atoms with Crippen LogP contribution in [0.5, 0.6) is 0 Å². The molecule has 1 aliphatic rings. The van der Waals surface area contributed by atoms with Crippen LogP contribution in [0.2, 0.25) is 0 Å². The van der Waals surface area contributed by atoms with Gasteiger partial charge >= 0.3 is 5.97 Å². The maximum absolute atomic E-state index is 13.3. The highest BCUT2D eigenvalue weighted by Gasteiger charge is 2.46. The average Bonchev–Trinajstić information content (AvgIpc) is 3.51. The number of aromatic carboxylic acids is 1. The lowest BCUT2D eigenvalue weighted by Gasteiger charge is -2.24. The zero-order valence-corrected chi connectivity index (χ0v) is 18.1. The second-order valence-corrected chi connectivity index (χ2v) is 8.61. The van der Waals surface area contributed by atoms with Gasteiger partial charge in [-0.15, -0.1) is 11.3 Å². The fraction of sp³-hybridized carbons (Fsp3) is 0.0833. The van der Waals surface area contributed by atoms with E-state index in [0.717, 1.165) is 5.56 Å². The van der Waals surface area contributed by atoms with Crippen LogP contribution in [0.4, 0.5) is 5.95 Å². The van der Waals surface area contributed by atoms with Crippen LogP contribution in [0.25, 0.3) is 11.0 Å². The van der Waals surface area contributed by atoms with Crippen molar-refractivity contribution in [2.75, 3.05) is 4.90 Å². The molecule has 4 aromatic rings. The third-order valence-electron chi connectivity index (χ3n) is 5.50. The fourth-order valence-electron chi connectivity index (χ4n) is 4.00. The first-order valence-corrected chi connectivity index (χ1v) is 10.9. The van der Waals surface area contributed by atoms with Gasteiger partial charge in [-0.05, 0) is 42.1 Å². The molecule has 1 amide bonds. The molecular formula is C24H17N3O5S. The van der Waals surface area contributed by atoms with E-state index in [-0.39, 0.29) is 17.1 Å². The van der Waals surface area contributed by atoms with E-state index in [2.05, 4.69) is 9.97 Å².